The van der Waals surface area contributed by atoms with Gasteiger partial charge in [-0.15, -0.1) is 0 Å². The normalized spacial score (nSPS) is 18.2. The molecule has 0 aromatic heterocycles. The van der Waals surface area contributed by atoms with E-state index in [1.54, 1.807) is 0 Å². The Kier molecular flexibility index (Phi) is 5.49. The maximum Gasteiger partial charge on any atom is 0.0410 e. The SMILES string of the molecule is CC(CNCc1cc(Cl)ccc1Br)N1CCCC1. The fourth-order valence-electron chi connectivity index (χ4n) is 2.41. The monoisotopic (exact) mass is 330 g/mol. The molecule has 0 radical (unpaired) electrons. The van der Waals surface area contributed by atoms with Crippen LogP contribution in [0.4, 0.5) is 0 Å². The number of nitrogens with one attached hydrogen (secondary N) is 1. The lowest BCUT2D eigenvalue weighted by atomic mass is 10.2. The highest BCUT2D eigenvalue weighted by molar-refractivity contribution is 9.10. The fourth-order valence-corrected chi connectivity index (χ4v) is 2.99. The lowest BCUT2D eigenvalue weighted by Crippen LogP contribution is -2.38. The van der Waals surface area contributed by atoms with Crippen LogP contribution in [-0.2, 0) is 6.54 Å². The van der Waals surface area contributed by atoms with Gasteiger partial charge in [0.25, 0.3) is 0 Å². The molecule has 1 aliphatic heterocycles. The van der Waals surface area contributed by atoms with E-state index >= 15 is 0 Å². The van der Waals surface area contributed by atoms with Crippen LogP contribution in [0.2, 0.25) is 5.02 Å². The van der Waals surface area contributed by atoms with Crippen LogP contribution in [0.25, 0.3) is 0 Å². The van der Waals surface area contributed by atoms with Crippen LogP contribution in [-0.4, -0.2) is 30.6 Å². The second-order valence-corrected chi connectivity index (χ2v) is 6.25. The summed E-state index contributed by atoms with van der Waals surface area (Å²) in [6.07, 6.45) is 2.70. The Morgan fingerprint density at radius 1 is 1.39 bits per heavy atom. The average Bonchev–Trinajstić information content (AvgIpc) is 2.87. The standard InChI is InChI=1S/C14H20BrClN2/c1-11(18-6-2-3-7-18)9-17-10-12-8-13(16)4-5-14(12)15/h4-5,8,11,17H,2-3,6-7,9-10H2,1H3. The Morgan fingerprint density at radius 2 is 2.11 bits per heavy atom. The van der Waals surface area contributed by atoms with Crippen LogP contribution in [0.15, 0.2) is 22.7 Å². The highest BCUT2D eigenvalue weighted by Crippen LogP contribution is 2.21. The molecule has 1 unspecified atom stereocenters. The molecule has 4 heteroatoms. The van der Waals surface area contributed by atoms with Crippen molar-refractivity contribution >= 4 is 27.5 Å². The Labute approximate surface area is 123 Å². The van der Waals surface area contributed by atoms with Gasteiger partial charge < -0.3 is 5.32 Å². The Morgan fingerprint density at radius 3 is 2.83 bits per heavy atom. The van der Waals surface area contributed by atoms with Crippen molar-refractivity contribution in [1.82, 2.24) is 10.2 Å². The number of benzene rings is 1. The Hall–Kier alpha value is -0.0900. The highest BCUT2D eigenvalue weighted by atomic mass is 79.9. The van der Waals surface area contributed by atoms with Crippen molar-refractivity contribution < 1.29 is 0 Å². The zero-order valence-electron chi connectivity index (χ0n) is 10.8. The number of halogens is 2. The molecule has 1 saturated heterocycles. The second-order valence-electron chi connectivity index (χ2n) is 4.96. The summed E-state index contributed by atoms with van der Waals surface area (Å²) in [4.78, 5) is 2.56. The lowest BCUT2D eigenvalue weighted by Gasteiger charge is -2.24. The molecular weight excluding hydrogens is 312 g/mol. The summed E-state index contributed by atoms with van der Waals surface area (Å²) in [7, 11) is 0. The molecule has 1 N–H and O–H groups in total. The number of hydrogen-bond donors (Lipinski definition) is 1. The van der Waals surface area contributed by atoms with E-state index in [1.165, 1.54) is 31.5 Å². The zero-order chi connectivity index (χ0) is 13.0. The van der Waals surface area contributed by atoms with Gasteiger partial charge in [-0.3, -0.25) is 4.90 Å². The number of nitrogens with zero attached hydrogens (tertiary/aromatic N) is 1. The van der Waals surface area contributed by atoms with Crippen LogP contribution in [0.1, 0.15) is 25.3 Å². The molecule has 0 aliphatic carbocycles. The topological polar surface area (TPSA) is 15.3 Å². The van der Waals surface area contributed by atoms with Crippen molar-refractivity contribution in [1.29, 1.82) is 0 Å². The van der Waals surface area contributed by atoms with E-state index in [0.29, 0.717) is 6.04 Å². The summed E-state index contributed by atoms with van der Waals surface area (Å²) in [5.41, 5.74) is 1.22. The third kappa shape index (κ3) is 3.95. The summed E-state index contributed by atoms with van der Waals surface area (Å²) < 4.78 is 1.12. The number of hydrogen-bond acceptors (Lipinski definition) is 2. The van der Waals surface area contributed by atoms with Gasteiger partial charge in [-0.05, 0) is 56.6 Å². The van der Waals surface area contributed by atoms with E-state index in [2.05, 4.69) is 33.1 Å². The van der Waals surface area contributed by atoms with Gasteiger partial charge in [-0.25, -0.2) is 0 Å². The summed E-state index contributed by atoms with van der Waals surface area (Å²) in [6.45, 7) is 6.69. The van der Waals surface area contributed by atoms with Gasteiger partial charge in [0, 0.05) is 28.6 Å². The third-order valence-corrected chi connectivity index (χ3v) is 4.54. The first-order chi connectivity index (χ1) is 8.66. The van der Waals surface area contributed by atoms with Gasteiger partial charge in [0.05, 0.1) is 0 Å². The first-order valence-corrected chi connectivity index (χ1v) is 7.72. The lowest BCUT2D eigenvalue weighted by molar-refractivity contribution is 0.251. The van der Waals surface area contributed by atoms with Crippen LogP contribution in [0.3, 0.4) is 0 Å². The van der Waals surface area contributed by atoms with Crippen molar-refractivity contribution in [3.05, 3.63) is 33.3 Å². The zero-order valence-corrected chi connectivity index (χ0v) is 13.1. The quantitative estimate of drug-likeness (QED) is 0.885. The molecule has 0 spiro atoms. The third-order valence-electron chi connectivity index (χ3n) is 3.53. The van der Waals surface area contributed by atoms with Gasteiger partial charge >= 0.3 is 0 Å². The molecule has 0 amide bonds. The van der Waals surface area contributed by atoms with Gasteiger partial charge in [-0.2, -0.15) is 0 Å². The molecule has 1 aromatic carbocycles. The maximum absolute atomic E-state index is 6.01. The first-order valence-electron chi connectivity index (χ1n) is 6.55. The number of rotatable bonds is 5. The minimum absolute atomic E-state index is 0.616. The van der Waals surface area contributed by atoms with Crippen LogP contribution in [0, 0.1) is 0 Å². The molecule has 1 heterocycles. The van der Waals surface area contributed by atoms with Gasteiger partial charge in [0.2, 0.25) is 0 Å². The number of likely N-dealkylation sites (tertiary alicyclic amines) is 1. The van der Waals surface area contributed by atoms with E-state index in [0.717, 1.165) is 22.6 Å². The van der Waals surface area contributed by atoms with Crippen molar-refractivity contribution in [2.24, 2.45) is 0 Å². The minimum atomic E-state index is 0.616. The summed E-state index contributed by atoms with van der Waals surface area (Å²) in [6, 6.07) is 6.54. The van der Waals surface area contributed by atoms with E-state index in [1.807, 2.05) is 18.2 Å². The van der Waals surface area contributed by atoms with Crippen molar-refractivity contribution in [2.75, 3.05) is 19.6 Å². The second kappa shape index (κ2) is 6.90. The van der Waals surface area contributed by atoms with E-state index in [9.17, 15) is 0 Å². The summed E-state index contributed by atoms with van der Waals surface area (Å²) >= 11 is 9.56. The molecule has 100 valence electrons. The fraction of sp³-hybridized carbons (Fsp3) is 0.571. The molecular formula is C14H20BrClN2. The molecule has 0 saturated carbocycles. The predicted octanol–water partition coefficient (Wildman–Crippen LogP) is 3.68. The summed E-state index contributed by atoms with van der Waals surface area (Å²) in [5, 5.41) is 4.31. The molecule has 0 bridgehead atoms. The van der Waals surface area contributed by atoms with E-state index in [4.69, 9.17) is 11.6 Å². The van der Waals surface area contributed by atoms with Gasteiger partial charge in [0.15, 0.2) is 0 Å². The smallest absolute Gasteiger partial charge is 0.0410 e. The van der Waals surface area contributed by atoms with Crippen molar-refractivity contribution in [3.63, 3.8) is 0 Å². The highest BCUT2D eigenvalue weighted by Gasteiger charge is 2.17. The molecule has 2 rings (SSSR count). The average molecular weight is 332 g/mol. The molecule has 1 aromatic rings. The molecule has 18 heavy (non-hydrogen) atoms. The van der Waals surface area contributed by atoms with Crippen LogP contribution in [0.5, 0.6) is 0 Å². The molecule has 1 aliphatic rings. The maximum atomic E-state index is 6.01. The summed E-state index contributed by atoms with van der Waals surface area (Å²) in [5.74, 6) is 0. The minimum Gasteiger partial charge on any atom is -0.311 e. The first kappa shape index (κ1) is 14.3. The Bertz CT molecular complexity index is 391. The van der Waals surface area contributed by atoms with Crippen molar-refractivity contribution in [3.8, 4) is 0 Å². The van der Waals surface area contributed by atoms with Gasteiger partial charge in [0.1, 0.15) is 0 Å². The van der Waals surface area contributed by atoms with Crippen LogP contribution >= 0.6 is 27.5 Å². The predicted molar refractivity (Wildman–Crippen MR) is 81.1 cm³/mol. The molecule has 1 fully saturated rings. The Balaban J connectivity index is 1.79. The van der Waals surface area contributed by atoms with Crippen molar-refractivity contribution in [2.45, 2.75) is 32.4 Å². The van der Waals surface area contributed by atoms with E-state index in [-0.39, 0.29) is 0 Å². The molecule has 1 atom stereocenters. The van der Waals surface area contributed by atoms with E-state index < -0.39 is 0 Å². The largest absolute Gasteiger partial charge is 0.311 e. The van der Waals surface area contributed by atoms with Gasteiger partial charge in [-0.1, -0.05) is 27.5 Å². The molecule has 2 nitrogen and oxygen atoms in total. The van der Waals surface area contributed by atoms with Crippen LogP contribution < -0.4 is 5.32 Å².